The third-order valence-electron chi connectivity index (χ3n) is 3.92. The van der Waals surface area contributed by atoms with Crippen molar-refractivity contribution < 1.29 is 4.79 Å². The lowest BCUT2D eigenvalue weighted by Gasteiger charge is -2.34. The van der Waals surface area contributed by atoms with Crippen LogP contribution in [-0.4, -0.2) is 39.8 Å². The normalized spacial score (nSPS) is 18.3. The molecule has 1 saturated heterocycles. The highest BCUT2D eigenvalue weighted by Gasteiger charge is 2.23. The summed E-state index contributed by atoms with van der Waals surface area (Å²) in [6, 6.07) is 6.19. The van der Waals surface area contributed by atoms with Gasteiger partial charge in [0.1, 0.15) is 5.82 Å². The first kappa shape index (κ1) is 14.6. The number of hydrogen-bond acceptors (Lipinski definition) is 4. The maximum atomic E-state index is 12.2. The van der Waals surface area contributed by atoms with Gasteiger partial charge < -0.3 is 10.2 Å². The monoisotopic (exact) mass is 299 g/mol. The fraction of sp³-hybridized carbons (Fsp3) is 0.438. The van der Waals surface area contributed by atoms with E-state index in [-0.39, 0.29) is 11.9 Å². The third kappa shape index (κ3) is 3.27. The molecule has 0 bridgehead atoms. The topological polar surface area (TPSA) is 63.1 Å². The summed E-state index contributed by atoms with van der Waals surface area (Å²) in [4.78, 5) is 19.0. The molecule has 0 spiro atoms. The molecule has 116 valence electrons. The number of aromatic nitrogens is 3. The molecule has 1 unspecified atom stereocenters. The molecule has 0 aliphatic carbocycles. The number of carbonyl (C=O) groups excluding carboxylic acids is 1. The van der Waals surface area contributed by atoms with E-state index in [2.05, 4.69) is 20.3 Å². The van der Waals surface area contributed by atoms with E-state index in [1.807, 2.05) is 32.2 Å². The fourth-order valence-electron chi connectivity index (χ4n) is 2.82. The maximum absolute atomic E-state index is 12.2. The molecule has 3 rings (SSSR count). The lowest BCUT2D eigenvalue weighted by Crippen LogP contribution is -2.48. The fourth-order valence-corrected chi connectivity index (χ4v) is 2.82. The second-order valence-corrected chi connectivity index (χ2v) is 5.80. The Morgan fingerprint density at radius 3 is 3.00 bits per heavy atom. The summed E-state index contributed by atoms with van der Waals surface area (Å²) in [5.41, 5.74) is 1.62. The summed E-state index contributed by atoms with van der Waals surface area (Å²) in [5, 5.41) is 7.14. The molecule has 22 heavy (non-hydrogen) atoms. The second kappa shape index (κ2) is 6.17. The van der Waals surface area contributed by atoms with Crippen LogP contribution in [0.2, 0.25) is 0 Å². The Morgan fingerprint density at radius 1 is 1.41 bits per heavy atom. The second-order valence-electron chi connectivity index (χ2n) is 5.80. The van der Waals surface area contributed by atoms with Crippen LogP contribution in [0.1, 0.15) is 28.9 Å². The van der Waals surface area contributed by atoms with Gasteiger partial charge in [-0.3, -0.25) is 9.48 Å². The van der Waals surface area contributed by atoms with E-state index in [9.17, 15) is 4.79 Å². The summed E-state index contributed by atoms with van der Waals surface area (Å²) in [6.45, 7) is 3.77. The van der Waals surface area contributed by atoms with Crippen LogP contribution in [0.5, 0.6) is 0 Å². The number of pyridine rings is 1. The summed E-state index contributed by atoms with van der Waals surface area (Å²) < 4.78 is 1.64. The van der Waals surface area contributed by atoms with Crippen molar-refractivity contribution in [2.45, 2.75) is 25.8 Å². The molecule has 1 N–H and O–H groups in total. The minimum atomic E-state index is -0.0582. The number of nitrogens with one attached hydrogen (secondary N) is 1. The van der Waals surface area contributed by atoms with E-state index in [1.54, 1.807) is 17.1 Å². The number of hydrogen-bond donors (Lipinski definition) is 1. The van der Waals surface area contributed by atoms with Gasteiger partial charge in [0.2, 0.25) is 0 Å². The van der Waals surface area contributed by atoms with Crippen LogP contribution in [0.4, 0.5) is 5.82 Å². The zero-order valence-corrected chi connectivity index (χ0v) is 13.0. The Labute approximate surface area is 130 Å². The number of rotatable bonds is 3. The molecule has 6 heteroatoms. The average molecular weight is 299 g/mol. The van der Waals surface area contributed by atoms with Crippen molar-refractivity contribution in [2.75, 3.05) is 18.0 Å². The number of nitrogens with zero attached hydrogens (tertiary/aromatic N) is 4. The van der Waals surface area contributed by atoms with Gasteiger partial charge in [0.05, 0.1) is 11.8 Å². The van der Waals surface area contributed by atoms with Crippen LogP contribution in [-0.2, 0) is 7.05 Å². The molecule has 2 aromatic heterocycles. The van der Waals surface area contributed by atoms with Crippen molar-refractivity contribution >= 4 is 11.7 Å². The van der Waals surface area contributed by atoms with Gasteiger partial charge in [-0.15, -0.1) is 0 Å². The van der Waals surface area contributed by atoms with Crippen molar-refractivity contribution in [1.82, 2.24) is 20.1 Å². The number of carbonyl (C=O) groups is 1. The Balaban J connectivity index is 1.64. The minimum absolute atomic E-state index is 0.0582. The number of amides is 1. The quantitative estimate of drug-likeness (QED) is 0.933. The van der Waals surface area contributed by atoms with Gasteiger partial charge in [0.25, 0.3) is 5.91 Å². The van der Waals surface area contributed by atoms with E-state index in [1.165, 1.54) is 0 Å². The smallest absolute Gasteiger partial charge is 0.254 e. The minimum Gasteiger partial charge on any atom is -0.355 e. The molecule has 6 nitrogen and oxygen atoms in total. The van der Waals surface area contributed by atoms with E-state index in [4.69, 9.17) is 0 Å². The van der Waals surface area contributed by atoms with Gasteiger partial charge in [-0.25, -0.2) is 4.98 Å². The maximum Gasteiger partial charge on any atom is 0.254 e. The number of anilines is 1. The summed E-state index contributed by atoms with van der Waals surface area (Å²) >= 11 is 0. The van der Waals surface area contributed by atoms with Crippen LogP contribution in [0.25, 0.3) is 0 Å². The molecular formula is C16H21N5O. The van der Waals surface area contributed by atoms with Crippen LogP contribution in [0.3, 0.4) is 0 Å². The van der Waals surface area contributed by atoms with Gasteiger partial charge >= 0.3 is 0 Å². The Hall–Kier alpha value is -2.37. The van der Waals surface area contributed by atoms with Gasteiger partial charge in [-0.2, -0.15) is 5.10 Å². The number of aryl methyl sites for hydroxylation is 2. The standard InChI is InChI=1S/C16H21N5O/c1-12-5-3-7-15(18-12)21-8-4-6-14(11-21)19-16(22)13-9-17-20(2)10-13/h3,5,7,9-10,14H,4,6,8,11H2,1-2H3,(H,19,22). The predicted molar refractivity (Wildman–Crippen MR) is 84.9 cm³/mol. The highest BCUT2D eigenvalue weighted by atomic mass is 16.1. The van der Waals surface area contributed by atoms with Crippen molar-refractivity contribution in [2.24, 2.45) is 7.05 Å². The Kier molecular flexibility index (Phi) is 4.09. The van der Waals surface area contributed by atoms with Crippen LogP contribution in [0, 0.1) is 6.92 Å². The lowest BCUT2D eigenvalue weighted by molar-refractivity contribution is 0.0933. The molecule has 0 saturated carbocycles. The molecule has 1 atom stereocenters. The van der Waals surface area contributed by atoms with Crippen molar-refractivity contribution in [3.63, 3.8) is 0 Å². The van der Waals surface area contributed by atoms with Gasteiger partial charge in [0, 0.05) is 38.1 Å². The molecule has 0 aromatic carbocycles. The largest absolute Gasteiger partial charge is 0.355 e. The van der Waals surface area contributed by atoms with E-state index in [0.717, 1.165) is 37.4 Å². The Morgan fingerprint density at radius 2 is 2.27 bits per heavy atom. The molecule has 1 aliphatic rings. The summed E-state index contributed by atoms with van der Waals surface area (Å²) in [5.74, 6) is 0.928. The third-order valence-corrected chi connectivity index (χ3v) is 3.92. The van der Waals surface area contributed by atoms with E-state index >= 15 is 0 Å². The SMILES string of the molecule is Cc1cccc(N2CCCC(NC(=O)c3cnn(C)c3)C2)n1. The van der Waals surface area contributed by atoms with Crippen LogP contribution < -0.4 is 10.2 Å². The van der Waals surface area contributed by atoms with Crippen molar-refractivity contribution in [1.29, 1.82) is 0 Å². The lowest BCUT2D eigenvalue weighted by atomic mass is 10.1. The first-order valence-electron chi connectivity index (χ1n) is 7.60. The van der Waals surface area contributed by atoms with Crippen LogP contribution in [0.15, 0.2) is 30.6 Å². The van der Waals surface area contributed by atoms with E-state index < -0.39 is 0 Å². The highest BCUT2D eigenvalue weighted by molar-refractivity contribution is 5.93. The van der Waals surface area contributed by atoms with Gasteiger partial charge in [-0.1, -0.05) is 6.07 Å². The summed E-state index contributed by atoms with van der Waals surface area (Å²) in [7, 11) is 1.81. The zero-order valence-electron chi connectivity index (χ0n) is 13.0. The zero-order chi connectivity index (χ0) is 15.5. The Bertz CT molecular complexity index is 666. The molecule has 1 fully saturated rings. The summed E-state index contributed by atoms with van der Waals surface area (Å²) in [6.07, 6.45) is 5.37. The average Bonchev–Trinajstić information content (AvgIpc) is 2.94. The molecule has 1 amide bonds. The van der Waals surface area contributed by atoms with Gasteiger partial charge in [-0.05, 0) is 31.9 Å². The molecule has 1 aliphatic heterocycles. The molecule has 3 heterocycles. The van der Waals surface area contributed by atoms with Gasteiger partial charge in [0.15, 0.2) is 0 Å². The van der Waals surface area contributed by atoms with Crippen LogP contribution >= 0.6 is 0 Å². The predicted octanol–water partition coefficient (Wildman–Crippen LogP) is 1.52. The van der Waals surface area contributed by atoms with Crippen molar-refractivity contribution in [3.8, 4) is 0 Å². The number of piperidine rings is 1. The molecule has 2 aromatic rings. The van der Waals surface area contributed by atoms with Crippen molar-refractivity contribution in [3.05, 3.63) is 41.9 Å². The van der Waals surface area contributed by atoms with E-state index in [0.29, 0.717) is 5.56 Å². The highest BCUT2D eigenvalue weighted by Crippen LogP contribution is 2.18. The first-order valence-corrected chi connectivity index (χ1v) is 7.60. The first-order chi connectivity index (χ1) is 10.6. The molecular weight excluding hydrogens is 278 g/mol. The molecule has 0 radical (unpaired) electrons.